The van der Waals surface area contributed by atoms with Gasteiger partial charge in [-0.1, -0.05) is 17.8 Å². The molecule has 8 heteroatoms. The number of nitrogens with zero attached hydrogens (tertiary/aromatic N) is 3. The van der Waals surface area contributed by atoms with Gasteiger partial charge in [0.1, 0.15) is 5.75 Å². The van der Waals surface area contributed by atoms with Crippen LogP contribution in [0.25, 0.3) is 5.69 Å². The fraction of sp³-hybridized carbons (Fsp3) is 0.250. The molecule has 1 aliphatic rings. The quantitative estimate of drug-likeness (QED) is 0.357. The number of aromatic nitrogens is 2. The van der Waals surface area contributed by atoms with Gasteiger partial charge < -0.3 is 9.47 Å². The average molecular weight is 397 g/mol. The normalized spacial score (nSPS) is 13.1. The second-order valence-electron chi connectivity index (χ2n) is 6.68. The van der Waals surface area contributed by atoms with E-state index in [0.717, 1.165) is 16.4 Å². The topological polar surface area (TPSA) is 79.4 Å². The highest BCUT2D eigenvalue weighted by Crippen LogP contribution is 2.36. The number of non-ortho nitro benzene ring substituents is 1. The van der Waals surface area contributed by atoms with E-state index in [1.54, 1.807) is 12.3 Å². The molecule has 4 rings (SSSR count). The van der Waals surface area contributed by atoms with Gasteiger partial charge in [0.2, 0.25) is 0 Å². The summed E-state index contributed by atoms with van der Waals surface area (Å²) < 4.78 is 12.9. The molecule has 0 fully saturated rings. The highest BCUT2D eigenvalue weighted by atomic mass is 32.2. The monoisotopic (exact) mass is 397 g/mol. The summed E-state index contributed by atoms with van der Waals surface area (Å²) in [6, 6.07) is 9.42. The number of rotatable bonds is 5. The number of hydrogen-bond donors (Lipinski definition) is 0. The maximum atomic E-state index is 11.3. The molecular formula is C20H19N3O4S. The van der Waals surface area contributed by atoms with E-state index in [1.165, 1.54) is 29.0 Å². The molecule has 2 heterocycles. The average Bonchev–Trinajstić information content (AvgIpc) is 3.13. The number of aryl methyl sites for hydroxylation is 2. The van der Waals surface area contributed by atoms with Gasteiger partial charge in [0, 0.05) is 47.1 Å². The first-order valence-corrected chi connectivity index (χ1v) is 9.75. The Balaban J connectivity index is 1.63. The number of nitro groups is 1. The van der Waals surface area contributed by atoms with E-state index in [9.17, 15) is 10.1 Å². The van der Waals surface area contributed by atoms with Crippen LogP contribution >= 0.6 is 11.8 Å². The van der Waals surface area contributed by atoms with Gasteiger partial charge in [0.15, 0.2) is 11.9 Å². The zero-order valence-electron chi connectivity index (χ0n) is 15.5. The fourth-order valence-corrected chi connectivity index (χ4v) is 4.26. The molecule has 28 heavy (non-hydrogen) atoms. The van der Waals surface area contributed by atoms with Gasteiger partial charge in [-0.25, -0.2) is 4.98 Å². The van der Waals surface area contributed by atoms with Crippen LogP contribution < -0.4 is 4.74 Å². The predicted molar refractivity (Wildman–Crippen MR) is 106 cm³/mol. The summed E-state index contributed by atoms with van der Waals surface area (Å²) >= 11 is 1.52. The van der Waals surface area contributed by atoms with Crippen LogP contribution in [0.4, 0.5) is 5.69 Å². The molecule has 3 aromatic rings. The number of imidazole rings is 1. The molecule has 0 atom stereocenters. The van der Waals surface area contributed by atoms with Crippen molar-refractivity contribution in [3.8, 4) is 11.4 Å². The largest absolute Gasteiger partial charge is 0.467 e. The third-order valence-corrected chi connectivity index (χ3v) is 5.45. The second-order valence-corrected chi connectivity index (χ2v) is 7.62. The van der Waals surface area contributed by atoms with Crippen molar-refractivity contribution in [2.75, 3.05) is 6.79 Å². The van der Waals surface area contributed by atoms with Crippen LogP contribution in [0.15, 0.2) is 47.9 Å². The lowest BCUT2D eigenvalue weighted by Gasteiger charge is -2.20. The predicted octanol–water partition coefficient (Wildman–Crippen LogP) is 4.56. The Kier molecular flexibility index (Phi) is 5.06. The Labute approximate surface area is 166 Å². The molecule has 0 N–H and O–H groups in total. The van der Waals surface area contributed by atoms with Gasteiger partial charge in [0.05, 0.1) is 11.5 Å². The van der Waals surface area contributed by atoms with Crippen molar-refractivity contribution in [3.05, 3.63) is 75.1 Å². The van der Waals surface area contributed by atoms with Gasteiger partial charge in [-0.15, -0.1) is 0 Å². The van der Waals surface area contributed by atoms with Crippen molar-refractivity contribution in [1.82, 2.24) is 9.55 Å². The zero-order chi connectivity index (χ0) is 19.7. The summed E-state index contributed by atoms with van der Waals surface area (Å²) in [6.07, 6.45) is 3.68. The van der Waals surface area contributed by atoms with E-state index in [2.05, 4.69) is 37.0 Å². The molecule has 0 radical (unpaired) electrons. The summed E-state index contributed by atoms with van der Waals surface area (Å²) in [5, 5.41) is 12.1. The Hall–Kier alpha value is -2.84. The highest BCUT2D eigenvalue weighted by molar-refractivity contribution is 7.98. The molecule has 0 spiro atoms. The summed E-state index contributed by atoms with van der Waals surface area (Å²) in [6.45, 7) is 4.59. The van der Waals surface area contributed by atoms with Crippen molar-refractivity contribution in [2.24, 2.45) is 0 Å². The lowest BCUT2D eigenvalue weighted by molar-refractivity contribution is -0.385. The maximum absolute atomic E-state index is 11.3. The van der Waals surface area contributed by atoms with Crippen LogP contribution in [-0.4, -0.2) is 21.3 Å². The van der Waals surface area contributed by atoms with E-state index in [1.807, 2.05) is 10.8 Å². The van der Waals surface area contributed by atoms with Gasteiger partial charge in [-0.3, -0.25) is 14.7 Å². The van der Waals surface area contributed by atoms with Crippen molar-refractivity contribution in [2.45, 2.75) is 31.4 Å². The lowest BCUT2D eigenvalue weighted by atomic mass is 10.1. The van der Waals surface area contributed by atoms with Gasteiger partial charge in [0.25, 0.3) is 5.69 Å². The molecule has 0 saturated heterocycles. The lowest BCUT2D eigenvalue weighted by Crippen LogP contribution is -2.13. The molecular weight excluding hydrogens is 378 g/mol. The van der Waals surface area contributed by atoms with Crippen molar-refractivity contribution >= 4 is 17.4 Å². The summed E-state index contributed by atoms with van der Waals surface area (Å²) in [7, 11) is 0. The molecule has 1 aromatic heterocycles. The minimum atomic E-state index is -0.389. The smallest absolute Gasteiger partial charge is 0.270 e. The Morgan fingerprint density at radius 3 is 2.75 bits per heavy atom. The molecule has 2 aromatic carbocycles. The molecule has 0 amide bonds. The maximum Gasteiger partial charge on any atom is 0.270 e. The highest BCUT2D eigenvalue weighted by Gasteiger charge is 2.21. The van der Waals surface area contributed by atoms with Gasteiger partial charge >= 0.3 is 0 Å². The number of fused-ring (bicyclic) bond motifs is 1. The van der Waals surface area contributed by atoms with Crippen LogP contribution in [0.1, 0.15) is 22.3 Å². The minimum absolute atomic E-state index is 0.0427. The van der Waals surface area contributed by atoms with Gasteiger partial charge in [-0.05, 0) is 37.1 Å². The first-order chi connectivity index (χ1) is 13.5. The van der Waals surface area contributed by atoms with Crippen molar-refractivity contribution < 1.29 is 14.4 Å². The molecule has 0 unspecified atom stereocenters. The minimum Gasteiger partial charge on any atom is -0.467 e. The summed E-state index contributed by atoms with van der Waals surface area (Å²) in [5.74, 6) is 1.18. The zero-order valence-corrected chi connectivity index (χ0v) is 16.4. The summed E-state index contributed by atoms with van der Waals surface area (Å²) in [4.78, 5) is 15.3. The van der Waals surface area contributed by atoms with E-state index in [0.29, 0.717) is 23.7 Å². The third kappa shape index (κ3) is 3.74. The van der Waals surface area contributed by atoms with Crippen molar-refractivity contribution in [1.29, 1.82) is 0 Å². The fourth-order valence-electron chi connectivity index (χ4n) is 3.32. The van der Waals surface area contributed by atoms with Crippen LogP contribution in [0.5, 0.6) is 5.75 Å². The third-order valence-electron chi connectivity index (χ3n) is 4.43. The SMILES string of the molecule is Cc1cc(C)cc(-n2ccnc2SCc2cc([N+](=O)[O-])cc3c2OCOC3)c1. The molecule has 0 saturated carbocycles. The Morgan fingerprint density at radius 2 is 2.00 bits per heavy atom. The first kappa shape index (κ1) is 18.5. The summed E-state index contributed by atoms with van der Waals surface area (Å²) in [5.41, 5.74) is 4.92. The van der Waals surface area contributed by atoms with E-state index in [4.69, 9.17) is 9.47 Å². The first-order valence-electron chi connectivity index (χ1n) is 8.77. The molecule has 7 nitrogen and oxygen atoms in total. The molecule has 1 aliphatic heterocycles. The van der Waals surface area contributed by atoms with E-state index < -0.39 is 0 Å². The molecule has 0 aliphatic carbocycles. The number of nitro benzene ring substituents is 1. The number of ether oxygens (including phenoxy) is 2. The van der Waals surface area contributed by atoms with Crippen LogP contribution in [0, 0.1) is 24.0 Å². The second kappa shape index (κ2) is 7.65. The van der Waals surface area contributed by atoms with Crippen LogP contribution in [0.3, 0.4) is 0 Å². The van der Waals surface area contributed by atoms with E-state index in [-0.39, 0.29) is 17.4 Å². The standard InChI is InChI=1S/C20H19N3O4S/c1-13-5-14(2)7-17(6-13)22-4-3-21-20(22)28-11-16-9-18(23(24)25)8-15-10-26-12-27-19(15)16/h3-9H,10-12H2,1-2H3. The molecule has 0 bridgehead atoms. The van der Waals surface area contributed by atoms with Gasteiger partial charge in [-0.2, -0.15) is 0 Å². The Morgan fingerprint density at radius 1 is 1.21 bits per heavy atom. The van der Waals surface area contributed by atoms with Crippen LogP contribution in [-0.2, 0) is 17.1 Å². The van der Waals surface area contributed by atoms with E-state index >= 15 is 0 Å². The Bertz CT molecular complexity index is 1030. The number of thioether (sulfide) groups is 1. The number of hydrogen-bond acceptors (Lipinski definition) is 6. The van der Waals surface area contributed by atoms with Crippen molar-refractivity contribution in [3.63, 3.8) is 0 Å². The van der Waals surface area contributed by atoms with Crippen LogP contribution in [0.2, 0.25) is 0 Å². The number of benzene rings is 2. The molecule has 144 valence electrons.